The average molecular weight is 390 g/mol. The lowest BCUT2D eigenvalue weighted by molar-refractivity contribution is -0.149. The van der Waals surface area contributed by atoms with Gasteiger partial charge in [-0.15, -0.1) is 11.3 Å². The highest BCUT2D eigenvalue weighted by atomic mass is 32.1. The Bertz CT molecular complexity index is 738. The first-order valence-electron chi connectivity index (χ1n) is 9.85. The van der Waals surface area contributed by atoms with E-state index < -0.39 is 0 Å². The number of hydrogen-bond donors (Lipinski definition) is 1. The first-order chi connectivity index (χ1) is 13.1. The van der Waals surface area contributed by atoms with Crippen LogP contribution in [-0.2, 0) is 27.2 Å². The van der Waals surface area contributed by atoms with Crippen LogP contribution in [-0.4, -0.2) is 43.0 Å². The molecule has 0 saturated carbocycles. The molecule has 1 amide bonds. The molecule has 1 N–H and O–H groups in total. The topological polar surface area (TPSA) is 82.4 Å². The number of anilines is 1. The van der Waals surface area contributed by atoms with E-state index in [1.165, 1.54) is 4.88 Å². The second-order valence-corrected chi connectivity index (χ2v) is 8.32. The van der Waals surface area contributed by atoms with Gasteiger partial charge in [-0.25, -0.2) is 0 Å². The van der Waals surface area contributed by atoms with Crippen molar-refractivity contribution in [3.05, 3.63) is 16.0 Å². The summed E-state index contributed by atoms with van der Waals surface area (Å²) >= 11 is 1.56. The molecule has 2 aliphatic rings. The summed E-state index contributed by atoms with van der Waals surface area (Å²) in [5.74, 6) is -0.284. The predicted molar refractivity (Wildman–Crippen MR) is 105 cm³/mol. The number of carbonyl (C=O) groups is 2. The number of hydrogen-bond acceptors (Lipinski definition) is 6. The average Bonchev–Trinajstić information content (AvgIpc) is 3.03. The molecular weight excluding hydrogens is 362 g/mol. The van der Waals surface area contributed by atoms with Gasteiger partial charge >= 0.3 is 5.97 Å². The highest BCUT2D eigenvalue weighted by Gasteiger charge is 2.27. The van der Waals surface area contributed by atoms with E-state index in [1.54, 1.807) is 11.3 Å². The minimum absolute atomic E-state index is 0.0663. The van der Waals surface area contributed by atoms with Gasteiger partial charge in [0.05, 0.1) is 18.1 Å². The van der Waals surface area contributed by atoms with Crippen molar-refractivity contribution in [2.45, 2.75) is 51.9 Å². The maximum Gasteiger partial charge on any atom is 0.310 e. The lowest BCUT2D eigenvalue weighted by Crippen LogP contribution is -2.40. The van der Waals surface area contributed by atoms with Gasteiger partial charge in [0.2, 0.25) is 5.91 Å². The van der Waals surface area contributed by atoms with E-state index in [2.05, 4.69) is 16.3 Å². The summed E-state index contributed by atoms with van der Waals surface area (Å²) in [6, 6.07) is 2.28. The Morgan fingerprint density at radius 3 is 2.93 bits per heavy atom. The number of amides is 1. The Balaban J connectivity index is 1.52. The first-order valence-corrected chi connectivity index (χ1v) is 10.7. The summed E-state index contributed by atoms with van der Waals surface area (Å²) in [7, 11) is 0. The summed E-state index contributed by atoms with van der Waals surface area (Å²) < 4.78 is 5.13. The summed E-state index contributed by atoms with van der Waals surface area (Å²) in [4.78, 5) is 27.8. The largest absolute Gasteiger partial charge is 0.466 e. The standard InChI is InChI=1S/C20H27N3O3S/c1-2-26-20(25)14-6-5-10-23(13-14)11-9-18(24)22-19-16(12-21)15-7-3-4-8-17(15)27-19/h14H,2-11,13H2,1H3,(H,22,24). The van der Waals surface area contributed by atoms with Crippen molar-refractivity contribution in [2.75, 3.05) is 31.6 Å². The normalized spacial score (nSPS) is 19.8. The molecule has 1 atom stereocenters. The van der Waals surface area contributed by atoms with Crippen molar-refractivity contribution in [1.82, 2.24) is 4.90 Å². The fraction of sp³-hybridized carbons (Fsp3) is 0.650. The van der Waals surface area contributed by atoms with Crippen molar-refractivity contribution in [1.29, 1.82) is 5.26 Å². The molecule has 0 aromatic carbocycles. The molecule has 0 bridgehead atoms. The molecule has 3 rings (SSSR count). The third kappa shape index (κ3) is 4.88. The Kier molecular flexibility index (Phi) is 6.86. The van der Waals surface area contributed by atoms with E-state index in [9.17, 15) is 14.9 Å². The van der Waals surface area contributed by atoms with Crippen LogP contribution in [0.2, 0.25) is 0 Å². The number of nitriles is 1. The summed E-state index contributed by atoms with van der Waals surface area (Å²) in [6.45, 7) is 4.40. The summed E-state index contributed by atoms with van der Waals surface area (Å²) in [5, 5.41) is 13.1. The van der Waals surface area contributed by atoms with Crippen LogP contribution in [0.15, 0.2) is 0 Å². The number of piperidine rings is 1. The van der Waals surface area contributed by atoms with E-state index in [-0.39, 0.29) is 17.8 Å². The molecule has 146 valence electrons. The number of carbonyl (C=O) groups excluding carboxylic acids is 2. The minimum atomic E-state index is -0.130. The second-order valence-electron chi connectivity index (χ2n) is 7.22. The molecule has 27 heavy (non-hydrogen) atoms. The zero-order valence-electron chi connectivity index (χ0n) is 15.9. The monoisotopic (exact) mass is 389 g/mol. The highest BCUT2D eigenvalue weighted by Crippen LogP contribution is 2.37. The first kappa shape index (κ1) is 19.8. The quantitative estimate of drug-likeness (QED) is 0.756. The van der Waals surface area contributed by atoms with Crippen LogP contribution in [0.1, 0.15) is 55.0 Å². The molecule has 0 spiro atoms. The molecule has 2 heterocycles. The van der Waals surface area contributed by atoms with Crippen LogP contribution in [0.3, 0.4) is 0 Å². The fourth-order valence-electron chi connectivity index (χ4n) is 3.93. The molecule has 0 radical (unpaired) electrons. The number of aryl methyl sites for hydroxylation is 1. The van der Waals surface area contributed by atoms with Crippen LogP contribution in [0.25, 0.3) is 0 Å². The van der Waals surface area contributed by atoms with Gasteiger partial charge in [0, 0.05) is 24.4 Å². The van der Waals surface area contributed by atoms with Crippen molar-refractivity contribution in [3.63, 3.8) is 0 Å². The van der Waals surface area contributed by atoms with Crippen LogP contribution in [0.4, 0.5) is 5.00 Å². The lowest BCUT2D eigenvalue weighted by Gasteiger charge is -2.31. The number of likely N-dealkylation sites (tertiary alicyclic amines) is 1. The van der Waals surface area contributed by atoms with E-state index >= 15 is 0 Å². The van der Waals surface area contributed by atoms with Crippen molar-refractivity contribution >= 4 is 28.2 Å². The van der Waals surface area contributed by atoms with Crippen molar-refractivity contribution in [3.8, 4) is 6.07 Å². The number of nitrogens with zero attached hydrogens (tertiary/aromatic N) is 2. The Labute approximate surface area is 164 Å². The van der Waals surface area contributed by atoms with Gasteiger partial charge in [-0.05, 0) is 57.6 Å². The Hall–Kier alpha value is -1.91. The zero-order valence-corrected chi connectivity index (χ0v) is 16.7. The van der Waals surface area contributed by atoms with Crippen molar-refractivity contribution < 1.29 is 14.3 Å². The number of ether oxygens (including phenoxy) is 1. The predicted octanol–water partition coefficient (Wildman–Crippen LogP) is 3.10. The fourth-order valence-corrected chi connectivity index (χ4v) is 5.19. The van der Waals surface area contributed by atoms with Gasteiger partial charge in [-0.3, -0.25) is 9.59 Å². The van der Waals surface area contributed by atoms with Crippen molar-refractivity contribution in [2.24, 2.45) is 5.92 Å². The maximum absolute atomic E-state index is 12.4. The van der Waals surface area contributed by atoms with E-state index in [0.29, 0.717) is 36.7 Å². The summed E-state index contributed by atoms with van der Waals surface area (Å²) in [5.41, 5.74) is 1.79. The SMILES string of the molecule is CCOC(=O)C1CCCN(CCC(=O)Nc2sc3c(c2C#N)CCCC3)C1. The number of thiophene rings is 1. The molecule has 1 aromatic rings. The van der Waals surface area contributed by atoms with Gasteiger partial charge in [0.25, 0.3) is 0 Å². The molecule has 1 aliphatic heterocycles. The molecule has 1 fully saturated rings. The van der Waals surface area contributed by atoms with Gasteiger partial charge in [0.15, 0.2) is 0 Å². The van der Waals surface area contributed by atoms with Gasteiger partial charge in [-0.2, -0.15) is 5.26 Å². The lowest BCUT2D eigenvalue weighted by atomic mass is 9.96. The van der Waals surface area contributed by atoms with E-state index in [1.807, 2.05) is 6.92 Å². The third-order valence-corrected chi connectivity index (χ3v) is 6.52. The van der Waals surface area contributed by atoms with E-state index in [4.69, 9.17) is 4.74 Å². The smallest absolute Gasteiger partial charge is 0.310 e. The van der Waals surface area contributed by atoms with Crippen LogP contribution < -0.4 is 5.32 Å². The van der Waals surface area contributed by atoms with E-state index in [0.717, 1.165) is 50.6 Å². The van der Waals surface area contributed by atoms with Crippen LogP contribution in [0, 0.1) is 17.2 Å². The Morgan fingerprint density at radius 2 is 2.15 bits per heavy atom. The van der Waals surface area contributed by atoms with Gasteiger partial charge < -0.3 is 15.0 Å². The van der Waals surface area contributed by atoms with Gasteiger partial charge in [-0.1, -0.05) is 0 Å². The van der Waals surface area contributed by atoms with Crippen LogP contribution >= 0.6 is 11.3 Å². The molecule has 1 aliphatic carbocycles. The van der Waals surface area contributed by atoms with Crippen LogP contribution in [0.5, 0.6) is 0 Å². The summed E-state index contributed by atoms with van der Waals surface area (Å²) in [6.07, 6.45) is 6.38. The Morgan fingerprint density at radius 1 is 1.33 bits per heavy atom. The zero-order chi connectivity index (χ0) is 19.2. The molecule has 1 saturated heterocycles. The number of rotatable bonds is 6. The number of fused-ring (bicyclic) bond motifs is 1. The maximum atomic E-state index is 12.4. The molecule has 7 heteroatoms. The highest BCUT2D eigenvalue weighted by molar-refractivity contribution is 7.16. The molecule has 1 unspecified atom stereocenters. The molecule has 1 aromatic heterocycles. The third-order valence-electron chi connectivity index (χ3n) is 5.32. The minimum Gasteiger partial charge on any atom is -0.466 e. The molecular formula is C20H27N3O3S. The molecule has 6 nitrogen and oxygen atoms in total. The number of esters is 1. The van der Waals surface area contributed by atoms with Gasteiger partial charge in [0.1, 0.15) is 11.1 Å². The second kappa shape index (κ2) is 9.34. The number of nitrogens with one attached hydrogen (secondary N) is 1.